The van der Waals surface area contributed by atoms with Gasteiger partial charge in [0.05, 0.1) is 10.7 Å². The van der Waals surface area contributed by atoms with E-state index in [4.69, 9.17) is 8.92 Å². The Bertz CT molecular complexity index is 1430. The minimum Gasteiger partial charge on any atom is -0.493 e. The molecule has 1 N–H and O–H groups in total. The van der Waals surface area contributed by atoms with Gasteiger partial charge in [0, 0.05) is 5.69 Å². The van der Waals surface area contributed by atoms with Crippen molar-refractivity contribution in [2.45, 2.75) is 25.2 Å². The minimum absolute atomic E-state index is 0.0146. The van der Waals surface area contributed by atoms with Gasteiger partial charge in [-0.05, 0) is 83.5 Å². The van der Waals surface area contributed by atoms with Gasteiger partial charge in [0.1, 0.15) is 16.5 Å². The number of nitriles is 1. The van der Waals surface area contributed by atoms with Crippen LogP contribution in [0.2, 0.25) is 0 Å². The molecule has 0 spiro atoms. The smallest absolute Gasteiger partial charge is 0.339 e. The predicted molar refractivity (Wildman–Crippen MR) is 143 cm³/mol. The van der Waals surface area contributed by atoms with Crippen molar-refractivity contribution in [2.75, 3.05) is 12.4 Å². The molecule has 0 saturated heterocycles. The van der Waals surface area contributed by atoms with E-state index in [1.807, 2.05) is 54.6 Å². The summed E-state index contributed by atoms with van der Waals surface area (Å²) in [7, 11) is -2.72. The average Bonchev–Trinajstić information content (AvgIpc) is 2.84. The quantitative estimate of drug-likeness (QED) is 0.158. The molecule has 0 aliphatic heterocycles. The van der Waals surface area contributed by atoms with Crippen molar-refractivity contribution in [3.63, 3.8) is 0 Å². The molecule has 0 aliphatic rings. The number of aryl methyl sites for hydroxylation is 2. The standard InChI is InChI=1S/C26H23IN2O5S/c1-4-19-7-5-6-8-23(19)29-26(30)20(16-28)13-18-14-22(27)25(24(15-18)33-3)34-35(31,32)21-11-9-17(2)10-12-21/h5-15H,4H2,1-3H3,(H,29,30)/b20-13+. The number of anilines is 1. The summed E-state index contributed by atoms with van der Waals surface area (Å²) in [5.41, 5.74) is 2.86. The summed E-state index contributed by atoms with van der Waals surface area (Å²) in [5.74, 6) is -0.386. The highest BCUT2D eigenvalue weighted by molar-refractivity contribution is 14.1. The number of para-hydroxylation sites is 1. The fourth-order valence-corrected chi connectivity index (χ4v) is 5.06. The minimum atomic E-state index is -4.10. The average molecular weight is 602 g/mol. The number of hydrogen-bond donors (Lipinski definition) is 1. The fourth-order valence-electron chi connectivity index (χ4n) is 3.22. The number of amides is 1. The van der Waals surface area contributed by atoms with Crippen molar-refractivity contribution in [3.05, 3.63) is 86.5 Å². The van der Waals surface area contributed by atoms with Crippen LogP contribution in [0, 0.1) is 21.8 Å². The molecular formula is C26H23IN2O5S. The molecule has 9 heteroatoms. The lowest BCUT2D eigenvalue weighted by Gasteiger charge is -2.14. The van der Waals surface area contributed by atoms with Crippen LogP contribution in [0.4, 0.5) is 5.69 Å². The molecule has 0 fully saturated rings. The lowest BCUT2D eigenvalue weighted by molar-refractivity contribution is -0.112. The molecule has 35 heavy (non-hydrogen) atoms. The normalized spacial score (nSPS) is 11.5. The molecule has 0 radical (unpaired) electrons. The number of methoxy groups -OCH3 is 1. The largest absolute Gasteiger partial charge is 0.493 e. The van der Waals surface area contributed by atoms with Gasteiger partial charge in [-0.15, -0.1) is 0 Å². The van der Waals surface area contributed by atoms with E-state index in [0.717, 1.165) is 17.5 Å². The summed E-state index contributed by atoms with van der Waals surface area (Å²) < 4.78 is 36.7. The number of carbonyl (C=O) groups excluding carboxylic acids is 1. The molecule has 3 aromatic rings. The van der Waals surface area contributed by atoms with Crippen LogP contribution in [0.15, 0.2) is 71.1 Å². The van der Waals surface area contributed by atoms with Gasteiger partial charge in [-0.3, -0.25) is 4.79 Å². The number of halogens is 1. The summed E-state index contributed by atoms with van der Waals surface area (Å²) in [6.45, 7) is 3.83. The van der Waals surface area contributed by atoms with Gasteiger partial charge < -0.3 is 14.2 Å². The first-order valence-electron chi connectivity index (χ1n) is 10.6. The zero-order valence-corrected chi connectivity index (χ0v) is 22.3. The number of nitrogens with zero attached hydrogens (tertiary/aromatic N) is 1. The molecular weight excluding hydrogens is 579 g/mol. The summed E-state index contributed by atoms with van der Waals surface area (Å²) >= 11 is 1.92. The van der Waals surface area contributed by atoms with E-state index in [2.05, 4.69) is 5.32 Å². The molecule has 3 aromatic carbocycles. The van der Waals surface area contributed by atoms with Crippen molar-refractivity contribution >= 4 is 50.4 Å². The van der Waals surface area contributed by atoms with Crippen LogP contribution in [0.1, 0.15) is 23.6 Å². The van der Waals surface area contributed by atoms with Crippen molar-refractivity contribution < 1.29 is 22.1 Å². The summed E-state index contributed by atoms with van der Waals surface area (Å²) in [6.07, 6.45) is 2.14. The van der Waals surface area contributed by atoms with Gasteiger partial charge >= 0.3 is 10.1 Å². The first kappa shape index (κ1) is 26.2. The summed E-state index contributed by atoms with van der Waals surface area (Å²) in [6, 6.07) is 18.7. The maximum atomic E-state index is 12.8. The Labute approximate surface area is 218 Å². The molecule has 0 aliphatic carbocycles. The maximum absolute atomic E-state index is 12.8. The van der Waals surface area contributed by atoms with E-state index >= 15 is 0 Å². The number of rotatable bonds is 8. The number of hydrogen-bond acceptors (Lipinski definition) is 6. The van der Waals surface area contributed by atoms with Gasteiger partial charge in [-0.2, -0.15) is 13.7 Å². The van der Waals surface area contributed by atoms with Crippen LogP contribution < -0.4 is 14.2 Å². The molecule has 0 bridgehead atoms. The van der Waals surface area contributed by atoms with Crippen molar-refractivity contribution in [1.29, 1.82) is 5.26 Å². The second kappa shape index (κ2) is 11.4. The molecule has 0 heterocycles. The zero-order chi connectivity index (χ0) is 25.6. The predicted octanol–water partition coefficient (Wildman–Crippen LogP) is 5.48. The van der Waals surface area contributed by atoms with E-state index in [1.54, 1.807) is 30.3 Å². The van der Waals surface area contributed by atoms with Gasteiger partial charge in [0.2, 0.25) is 0 Å². The molecule has 0 atom stereocenters. The first-order chi connectivity index (χ1) is 16.7. The highest BCUT2D eigenvalue weighted by atomic mass is 127. The van der Waals surface area contributed by atoms with E-state index in [1.165, 1.54) is 31.4 Å². The van der Waals surface area contributed by atoms with E-state index in [-0.39, 0.29) is 22.0 Å². The van der Waals surface area contributed by atoms with E-state index in [9.17, 15) is 18.5 Å². The molecule has 3 rings (SSSR count). The van der Waals surface area contributed by atoms with E-state index in [0.29, 0.717) is 14.8 Å². The third-order valence-electron chi connectivity index (χ3n) is 5.08. The number of carbonyl (C=O) groups is 1. The molecule has 0 saturated carbocycles. The first-order valence-corrected chi connectivity index (χ1v) is 13.1. The summed E-state index contributed by atoms with van der Waals surface area (Å²) in [4.78, 5) is 12.8. The lowest BCUT2D eigenvalue weighted by atomic mass is 10.1. The number of ether oxygens (including phenoxy) is 1. The number of benzene rings is 3. The highest BCUT2D eigenvalue weighted by Crippen LogP contribution is 2.36. The van der Waals surface area contributed by atoms with Gasteiger partial charge in [-0.25, -0.2) is 0 Å². The highest BCUT2D eigenvalue weighted by Gasteiger charge is 2.22. The molecule has 1 amide bonds. The topological polar surface area (TPSA) is 105 Å². The molecule has 180 valence electrons. The maximum Gasteiger partial charge on any atom is 0.339 e. The Morgan fingerprint density at radius 1 is 1.14 bits per heavy atom. The van der Waals surface area contributed by atoms with Crippen LogP contribution in [-0.4, -0.2) is 21.4 Å². The Morgan fingerprint density at radius 2 is 1.83 bits per heavy atom. The van der Waals surface area contributed by atoms with Crippen LogP contribution in [-0.2, 0) is 21.3 Å². The Balaban J connectivity index is 1.92. The van der Waals surface area contributed by atoms with Crippen molar-refractivity contribution in [1.82, 2.24) is 0 Å². The zero-order valence-electron chi connectivity index (χ0n) is 19.3. The van der Waals surface area contributed by atoms with Gasteiger partial charge in [0.15, 0.2) is 11.5 Å². The van der Waals surface area contributed by atoms with Crippen LogP contribution in [0.3, 0.4) is 0 Å². The van der Waals surface area contributed by atoms with Crippen LogP contribution in [0.25, 0.3) is 6.08 Å². The second-order valence-corrected chi connectivity index (χ2v) is 10.2. The fraction of sp³-hybridized carbons (Fsp3) is 0.154. The third-order valence-corrected chi connectivity index (χ3v) is 7.11. The summed E-state index contributed by atoms with van der Waals surface area (Å²) in [5, 5.41) is 12.4. The van der Waals surface area contributed by atoms with Gasteiger partial charge in [-0.1, -0.05) is 42.8 Å². The molecule has 0 unspecified atom stereocenters. The Hall–Kier alpha value is -3.36. The number of nitrogens with one attached hydrogen (secondary N) is 1. The lowest BCUT2D eigenvalue weighted by Crippen LogP contribution is -2.14. The monoisotopic (exact) mass is 602 g/mol. The van der Waals surface area contributed by atoms with Crippen molar-refractivity contribution in [2.24, 2.45) is 0 Å². The third kappa shape index (κ3) is 6.41. The SMILES string of the molecule is CCc1ccccc1NC(=O)/C(C#N)=C/c1cc(I)c(OS(=O)(=O)c2ccc(C)cc2)c(OC)c1. The molecule has 7 nitrogen and oxygen atoms in total. The Morgan fingerprint density at radius 3 is 2.46 bits per heavy atom. The van der Waals surface area contributed by atoms with E-state index < -0.39 is 16.0 Å². The van der Waals surface area contributed by atoms with Gasteiger partial charge in [0.25, 0.3) is 5.91 Å². The molecule has 0 aromatic heterocycles. The van der Waals surface area contributed by atoms with Crippen LogP contribution in [0.5, 0.6) is 11.5 Å². The Kier molecular flexibility index (Phi) is 8.53. The van der Waals surface area contributed by atoms with Crippen molar-refractivity contribution in [3.8, 4) is 17.6 Å². The second-order valence-electron chi connectivity index (χ2n) is 7.52. The van der Waals surface area contributed by atoms with Crippen LogP contribution >= 0.6 is 22.6 Å².